The monoisotopic (exact) mass is 351 g/mol. The second-order valence-corrected chi connectivity index (χ2v) is 6.97. The van der Waals surface area contributed by atoms with Gasteiger partial charge in [0.25, 0.3) is 0 Å². The molecule has 4 nitrogen and oxygen atoms in total. The molecule has 0 spiro atoms. The molecule has 0 saturated carbocycles. The summed E-state index contributed by atoms with van der Waals surface area (Å²) in [5.74, 6) is 2.30. The first-order valence-electron chi connectivity index (χ1n) is 8.47. The van der Waals surface area contributed by atoms with Gasteiger partial charge in [-0.25, -0.2) is 4.98 Å². The van der Waals surface area contributed by atoms with Crippen molar-refractivity contribution >= 4 is 0 Å². The first-order valence-corrected chi connectivity index (χ1v) is 8.47. The summed E-state index contributed by atoms with van der Waals surface area (Å²) in [6, 6.07) is 5.11. The molecule has 2 saturated heterocycles. The molecule has 0 bridgehead atoms. The fraction of sp³-hybridized carbons (Fsp3) is 0.500. The van der Waals surface area contributed by atoms with Crippen LogP contribution in [0.5, 0.6) is 0 Å². The van der Waals surface area contributed by atoms with Crippen molar-refractivity contribution in [2.75, 3.05) is 26.2 Å². The van der Waals surface area contributed by atoms with Crippen LogP contribution in [-0.4, -0.2) is 36.1 Å². The Morgan fingerprint density at radius 2 is 1.96 bits per heavy atom. The zero-order valence-corrected chi connectivity index (χ0v) is 13.9. The van der Waals surface area contributed by atoms with Crippen LogP contribution in [0.1, 0.15) is 17.0 Å². The number of likely N-dealkylation sites (tertiary alicyclic amines) is 1. The van der Waals surface area contributed by atoms with E-state index in [0.29, 0.717) is 29.7 Å². The first kappa shape index (κ1) is 16.6. The smallest absolute Gasteiger partial charge is 0.416 e. The minimum absolute atomic E-state index is 0.250. The van der Waals surface area contributed by atoms with Gasteiger partial charge in [0, 0.05) is 25.2 Å². The number of fused-ring (bicyclic) bond motifs is 1. The van der Waals surface area contributed by atoms with Gasteiger partial charge < -0.3 is 9.73 Å². The van der Waals surface area contributed by atoms with E-state index in [-0.39, 0.29) is 5.89 Å². The van der Waals surface area contributed by atoms with E-state index in [0.717, 1.165) is 44.0 Å². The fourth-order valence-corrected chi connectivity index (χ4v) is 3.82. The van der Waals surface area contributed by atoms with E-state index in [4.69, 9.17) is 4.42 Å². The van der Waals surface area contributed by atoms with Crippen LogP contribution >= 0.6 is 0 Å². The molecule has 0 amide bonds. The van der Waals surface area contributed by atoms with Gasteiger partial charge in [-0.15, -0.1) is 0 Å². The molecule has 2 aromatic rings. The largest absolute Gasteiger partial charge is 0.441 e. The van der Waals surface area contributed by atoms with Gasteiger partial charge in [0.2, 0.25) is 5.89 Å². The van der Waals surface area contributed by atoms with Crippen molar-refractivity contribution in [3.8, 4) is 11.5 Å². The van der Waals surface area contributed by atoms with E-state index in [2.05, 4.69) is 15.2 Å². The van der Waals surface area contributed by atoms with Gasteiger partial charge in [-0.05, 0) is 50.0 Å². The van der Waals surface area contributed by atoms with Gasteiger partial charge >= 0.3 is 6.18 Å². The maximum atomic E-state index is 12.9. The molecule has 3 heterocycles. The number of aromatic nitrogens is 1. The zero-order chi connectivity index (χ0) is 17.6. The van der Waals surface area contributed by atoms with Gasteiger partial charge in [-0.3, -0.25) is 4.90 Å². The summed E-state index contributed by atoms with van der Waals surface area (Å²) in [7, 11) is 0. The first-order chi connectivity index (χ1) is 11.9. The van der Waals surface area contributed by atoms with E-state index in [1.807, 2.05) is 6.92 Å². The van der Waals surface area contributed by atoms with E-state index in [9.17, 15) is 13.2 Å². The predicted octanol–water partition coefficient (Wildman–Crippen LogP) is 3.32. The highest BCUT2D eigenvalue weighted by Gasteiger charge is 2.36. The lowest BCUT2D eigenvalue weighted by Gasteiger charge is -2.15. The number of alkyl halides is 3. The van der Waals surface area contributed by atoms with Crippen molar-refractivity contribution in [2.24, 2.45) is 11.8 Å². The fourth-order valence-electron chi connectivity index (χ4n) is 3.82. The highest BCUT2D eigenvalue weighted by atomic mass is 19.4. The van der Waals surface area contributed by atoms with Gasteiger partial charge in [0.1, 0.15) is 5.76 Å². The Labute approximate surface area is 144 Å². The van der Waals surface area contributed by atoms with E-state index < -0.39 is 11.7 Å². The average molecular weight is 351 g/mol. The van der Waals surface area contributed by atoms with Crippen molar-refractivity contribution in [1.82, 2.24) is 15.2 Å². The summed E-state index contributed by atoms with van der Waals surface area (Å²) < 4.78 is 44.3. The second-order valence-electron chi connectivity index (χ2n) is 6.97. The molecule has 0 radical (unpaired) electrons. The van der Waals surface area contributed by atoms with Gasteiger partial charge in [0.05, 0.1) is 11.3 Å². The Morgan fingerprint density at radius 3 is 2.64 bits per heavy atom. The van der Waals surface area contributed by atoms with E-state index >= 15 is 0 Å². The number of hydrogen-bond donors (Lipinski definition) is 1. The Balaban J connectivity index is 1.53. The molecule has 0 aliphatic carbocycles. The number of hydrogen-bond acceptors (Lipinski definition) is 4. The number of nitrogens with one attached hydrogen (secondary N) is 1. The molecule has 2 aliphatic heterocycles. The van der Waals surface area contributed by atoms with Crippen LogP contribution in [-0.2, 0) is 12.7 Å². The number of oxazole rings is 1. The summed E-state index contributed by atoms with van der Waals surface area (Å²) in [4.78, 5) is 6.83. The van der Waals surface area contributed by atoms with Crippen LogP contribution in [0.25, 0.3) is 11.5 Å². The third kappa shape index (κ3) is 3.30. The normalized spacial score (nSPS) is 24.0. The standard InChI is InChI=1S/C18H20F3N3O/c1-11-16(10-24-8-13-6-22-7-14(13)9-24)23-17(25-11)12-3-2-4-15(5-12)18(19,20)21/h2-5,13-14,22H,6-10H2,1H3/t13-,14+. The van der Waals surface area contributed by atoms with Crippen LogP contribution in [0.4, 0.5) is 13.2 Å². The van der Waals surface area contributed by atoms with Crippen LogP contribution in [0.2, 0.25) is 0 Å². The molecule has 25 heavy (non-hydrogen) atoms. The number of rotatable bonds is 3. The lowest BCUT2D eigenvalue weighted by Crippen LogP contribution is -2.25. The Morgan fingerprint density at radius 1 is 1.24 bits per heavy atom. The summed E-state index contributed by atoms with van der Waals surface area (Å²) in [6.07, 6.45) is -4.37. The zero-order valence-electron chi connectivity index (χ0n) is 13.9. The molecule has 2 fully saturated rings. The van der Waals surface area contributed by atoms with Crippen molar-refractivity contribution in [3.63, 3.8) is 0 Å². The van der Waals surface area contributed by atoms with E-state index in [1.165, 1.54) is 6.07 Å². The minimum atomic E-state index is -4.37. The number of benzene rings is 1. The molecule has 134 valence electrons. The third-order valence-corrected chi connectivity index (χ3v) is 5.17. The molecule has 1 aromatic heterocycles. The quantitative estimate of drug-likeness (QED) is 0.921. The number of nitrogens with zero attached hydrogens (tertiary/aromatic N) is 2. The van der Waals surface area contributed by atoms with Crippen molar-refractivity contribution < 1.29 is 17.6 Å². The average Bonchev–Trinajstić information content (AvgIpc) is 3.23. The highest BCUT2D eigenvalue weighted by Crippen LogP contribution is 2.33. The second kappa shape index (κ2) is 6.14. The van der Waals surface area contributed by atoms with Crippen LogP contribution in [0, 0.1) is 18.8 Å². The van der Waals surface area contributed by atoms with Crippen LogP contribution in [0.15, 0.2) is 28.7 Å². The van der Waals surface area contributed by atoms with E-state index in [1.54, 1.807) is 6.07 Å². The lowest BCUT2D eigenvalue weighted by molar-refractivity contribution is -0.137. The Bertz CT molecular complexity index is 759. The van der Waals surface area contributed by atoms with Crippen LogP contribution in [0.3, 0.4) is 0 Å². The molecule has 2 atom stereocenters. The number of aryl methyl sites for hydroxylation is 1. The maximum Gasteiger partial charge on any atom is 0.416 e. The third-order valence-electron chi connectivity index (χ3n) is 5.17. The molecule has 2 aliphatic rings. The summed E-state index contributed by atoms with van der Waals surface area (Å²) >= 11 is 0. The molecular formula is C18H20F3N3O. The molecule has 1 aromatic carbocycles. The minimum Gasteiger partial charge on any atom is -0.441 e. The van der Waals surface area contributed by atoms with Gasteiger partial charge in [-0.1, -0.05) is 6.07 Å². The topological polar surface area (TPSA) is 41.3 Å². The maximum absolute atomic E-state index is 12.9. The molecule has 7 heteroatoms. The Hall–Kier alpha value is -1.86. The SMILES string of the molecule is Cc1oc(-c2cccc(C(F)(F)F)c2)nc1CN1C[C@H]2CNC[C@H]2C1. The molecule has 4 rings (SSSR count). The van der Waals surface area contributed by atoms with Gasteiger partial charge in [0.15, 0.2) is 0 Å². The van der Waals surface area contributed by atoms with Crippen molar-refractivity contribution in [2.45, 2.75) is 19.6 Å². The predicted molar refractivity (Wildman–Crippen MR) is 86.8 cm³/mol. The molecular weight excluding hydrogens is 331 g/mol. The summed E-state index contributed by atoms with van der Waals surface area (Å²) in [6.45, 7) is 6.69. The summed E-state index contributed by atoms with van der Waals surface area (Å²) in [5.41, 5.74) is 0.467. The van der Waals surface area contributed by atoms with Gasteiger partial charge in [-0.2, -0.15) is 13.2 Å². The highest BCUT2D eigenvalue weighted by molar-refractivity contribution is 5.55. The summed E-state index contributed by atoms with van der Waals surface area (Å²) in [5, 5.41) is 3.41. The lowest BCUT2D eigenvalue weighted by atomic mass is 10.0. The molecule has 1 N–H and O–H groups in total. The van der Waals surface area contributed by atoms with Crippen LogP contribution < -0.4 is 5.32 Å². The molecule has 0 unspecified atom stereocenters. The van der Waals surface area contributed by atoms with Crippen molar-refractivity contribution in [1.29, 1.82) is 0 Å². The Kier molecular flexibility index (Phi) is 4.08. The van der Waals surface area contributed by atoms with Crippen molar-refractivity contribution in [3.05, 3.63) is 41.3 Å². The number of halogens is 3.